The Bertz CT molecular complexity index is 1110. The smallest absolute Gasteiger partial charge is 0.255 e. The van der Waals surface area contributed by atoms with E-state index in [4.69, 9.17) is 32.7 Å². The first-order chi connectivity index (χ1) is 14.0. The highest BCUT2D eigenvalue weighted by Gasteiger charge is 2.23. The van der Waals surface area contributed by atoms with Crippen molar-refractivity contribution in [2.45, 2.75) is 0 Å². The van der Waals surface area contributed by atoms with Crippen molar-refractivity contribution in [3.8, 4) is 11.5 Å². The molecule has 0 aliphatic carbocycles. The molecular weight excluding hydrogens is 413 g/mol. The Morgan fingerprint density at radius 3 is 2.28 bits per heavy atom. The second-order valence-corrected chi connectivity index (χ2v) is 7.16. The average molecular weight is 428 g/mol. The van der Waals surface area contributed by atoms with Crippen molar-refractivity contribution >= 4 is 40.6 Å². The first-order valence-corrected chi connectivity index (χ1v) is 9.58. The van der Waals surface area contributed by atoms with E-state index in [0.717, 1.165) is 0 Å². The Morgan fingerprint density at radius 1 is 0.828 bits per heavy atom. The van der Waals surface area contributed by atoms with Gasteiger partial charge in [-0.2, -0.15) is 0 Å². The number of hydrogen-bond donors (Lipinski definition) is 1. The molecule has 1 amide bonds. The van der Waals surface area contributed by atoms with Gasteiger partial charge >= 0.3 is 0 Å². The maximum atomic E-state index is 13.2. The number of hydrogen-bond acceptors (Lipinski definition) is 4. The molecule has 1 aliphatic heterocycles. The summed E-state index contributed by atoms with van der Waals surface area (Å²) in [6.45, 7) is 0.757. The van der Waals surface area contributed by atoms with Crippen molar-refractivity contribution in [1.29, 1.82) is 0 Å². The maximum Gasteiger partial charge on any atom is 0.255 e. The molecule has 0 spiro atoms. The Balaban J connectivity index is 1.76. The van der Waals surface area contributed by atoms with Crippen LogP contribution in [0.25, 0.3) is 0 Å². The van der Waals surface area contributed by atoms with Crippen molar-refractivity contribution < 1.29 is 19.1 Å². The molecule has 3 aromatic carbocycles. The van der Waals surface area contributed by atoms with Gasteiger partial charge in [-0.15, -0.1) is 0 Å². The van der Waals surface area contributed by atoms with Crippen LogP contribution in [0.15, 0.2) is 60.7 Å². The van der Waals surface area contributed by atoms with Crippen LogP contribution in [0.1, 0.15) is 26.3 Å². The minimum Gasteiger partial charge on any atom is -0.486 e. The number of anilines is 1. The zero-order valence-corrected chi connectivity index (χ0v) is 16.6. The van der Waals surface area contributed by atoms with E-state index < -0.39 is 5.91 Å². The van der Waals surface area contributed by atoms with E-state index in [1.807, 2.05) is 0 Å². The summed E-state index contributed by atoms with van der Waals surface area (Å²) < 4.78 is 11.2. The molecule has 0 radical (unpaired) electrons. The quantitative estimate of drug-likeness (QED) is 0.577. The van der Waals surface area contributed by atoms with E-state index in [2.05, 4.69) is 5.32 Å². The van der Waals surface area contributed by atoms with Crippen LogP contribution in [0.5, 0.6) is 11.5 Å². The third kappa shape index (κ3) is 4.06. The molecule has 3 aromatic rings. The molecular formula is C22H15Cl2NO4. The van der Waals surface area contributed by atoms with Gasteiger partial charge in [0.1, 0.15) is 13.2 Å². The molecule has 1 N–H and O–H groups in total. The highest BCUT2D eigenvalue weighted by Crippen LogP contribution is 2.37. The molecule has 1 aliphatic rings. The Labute approximate surface area is 177 Å². The Morgan fingerprint density at radius 2 is 1.55 bits per heavy atom. The van der Waals surface area contributed by atoms with Gasteiger partial charge in [0.25, 0.3) is 5.91 Å². The topological polar surface area (TPSA) is 64.6 Å². The van der Waals surface area contributed by atoms with Gasteiger partial charge in [0.2, 0.25) is 0 Å². The van der Waals surface area contributed by atoms with E-state index in [1.54, 1.807) is 60.7 Å². The minimum absolute atomic E-state index is 0.248. The van der Waals surface area contributed by atoms with Crippen LogP contribution in [-0.4, -0.2) is 24.9 Å². The first-order valence-electron chi connectivity index (χ1n) is 8.83. The second kappa shape index (κ2) is 8.15. The number of ether oxygens (including phenoxy) is 2. The van der Waals surface area contributed by atoms with E-state index in [1.165, 1.54) is 0 Å². The number of ketones is 1. The number of halogens is 2. The monoisotopic (exact) mass is 427 g/mol. The molecule has 4 rings (SSSR count). The highest BCUT2D eigenvalue weighted by atomic mass is 35.5. The predicted octanol–water partition coefficient (Wildman–Crippen LogP) is 5.25. The summed E-state index contributed by atoms with van der Waals surface area (Å²) >= 11 is 12.2. The van der Waals surface area contributed by atoms with Crippen LogP contribution in [-0.2, 0) is 0 Å². The molecule has 146 valence electrons. The van der Waals surface area contributed by atoms with Crippen LogP contribution in [0.3, 0.4) is 0 Å². The van der Waals surface area contributed by atoms with Gasteiger partial charge in [-0.25, -0.2) is 0 Å². The minimum atomic E-state index is -0.405. The van der Waals surface area contributed by atoms with E-state index in [9.17, 15) is 9.59 Å². The fraction of sp³-hybridized carbons (Fsp3) is 0.0909. The molecule has 29 heavy (non-hydrogen) atoms. The number of rotatable bonds is 4. The molecule has 1 heterocycles. The van der Waals surface area contributed by atoms with Gasteiger partial charge in [0, 0.05) is 22.2 Å². The lowest BCUT2D eigenvalue weighted by Gasteiger charge is -2.21. The van der Waals surface area contributed by atoms with Crippen LogP contribution < -0.4 is 14.8 Å². The van der Waals surface area contributed by atoms with Crippen LogP contribution in [0, 0.1) is 0 Å². The molecule has 0 atom stereocenters. The Kier molecular flexibility index (Phi) is 5.43. The van der Waals surface area contributed by atoms with Crippen molar-refractivity contribution in [3.05, 3.63) is 87.4 Å². The fourth-order valence-electron chi connectivity index (χ4n) is 2.99. The third-order valence-corrected chi connectivity index (χ3v) is 4.95. The van der Waals surface area contributed by atoms with Crippen LogP contribution >= 0.6 is 23.2 Å². The standard InChI is InChI=1S/C22H15Cl2NO4/c23-14-5-3-4-13(10-14)22(27)25-18-12-20-19(28-8-9-29-20)11-16(18)21(26)15-6-1-2-7-17(15)24/h1-7,10-12H,8-9H2,(H,25,27). The molecule has 0 aromatic heterocycles. The van der Waals surface area contributed by atoms with E-state index in [0.29, 0.717) is 51.6 Å². The first kappa shape index (κ1) is 19.3. The van der Waals surface area contributed by atoms with Gasteiger partial charge in [0.05, 0.1) is 16.3 Å². The lowest BCUT2D eigenvalue weighted by Crippen LogP contribution is -2.19. The third-order valence-electron chi connectivity index (χ3n) is 4.38. The predicted molar refractivity (Wildman–Crippen MR) is 112 cm³/mol. The normalized spacial score (nSPS) is 12.3. The summed E-state index contributed by atoms with van der Waals surface area (Å²) in [5, 5.41) is 3.53. The molecule has 5 nitrogen and oxygen atoms in total. The second-order valence-electron chi connectivity index (χ2n) is 6.31. The largest absolute Gasteiger partial charge is 0.486 e. The summed E-state index contributed by atoms with van der Waals surface area (Å²) in [4.78, 5) is 25.9. The zero-order valence-electron chi connectivity index (χ0n) is 15.1. The van der Waals surface area contributed by atoms with Gasteiger partial charge < -0.3 is 14.8 Å². The van der Waals surface area contributed by atoms with E-state index in [-0.39, 0.29) is 11.3 Å². The number of amides is 1. The summed E-state index contributed by atoms with van der Waals surface area (Å²) in [6, 6.07) is 16.4. The lowest BCUT2D eigenvalue weighted by molar-refractivity contribution is 0.102. The van der Waals surface area contributed by atoms with Crippen molar-refractivity contribution in [3.63, 3.8) is 0 Å². The molecule has 0 saturated carbocycles. The van der Waals surface area contributed by atoms with Gasteiger partial charge in [-0.05, 0) is 36.4 Å². The van der Waals surface area contributed by atoms with Gasteiger partial charge in [0.15, 0.2) is 17.3 Å². The highest BCUT2D eigenvalue weighted by molar-refractivity contribution is 6.35. The molecule has 0 saturated heterocycles. The maximum absolute atomic E-state index is 13.2. The SMILES string of the molecule is O=C(Nc1cc2c(cc1C(=O)c1ccccc1Cl)OCCO2)c1cccc(Cl)c1. The van der Waals surface area contributed by atoms with Crippen molar-refractivity contribution in [1.82, 2.24) is 0 Å². The number of benzene rings is 3. The van der Waals surface area contributed by atoms with Gasteiger partial charge in [-0.3, -0.25) is 9.59 Å². The Hall–Kier alpha value is -3.02. The molecule has 0 fully saturated rings. The summed E-state index contributed by atoms with van der Waals surface area (Å²) in [5.74, 6) is 0.145. The molecule has 0 unspecified atom stereocenters. The van der Waals surface area contributed by atoms with Crippen LogP contribution in [0.4, 0.5) is 5.69 Å². The van der Waals surface area contributed by atoms with E-state index >= 15 is 0 Å². The molecule has 7 heteroatoms. The van der Waals surface area contributed by atoms with Crippen LogP contribution in [0.2, 0.25) is 10.0 Å². The van der Waals surface area contributed by atoms with Crippen molar-refractivity contribution in [2.75, 3.05) is 18.5 Å². The number of carbonyl (C=O) groups excluding carboxylic acids is 2. The number of nitrogens with one attached hydrogen (secondary N) is 1. The van der Waals surface area contributed by atoms with Gasteiger partial charge in [-0.1, -0.05) is 41.4 Å². The zero-order chi connectivity index (χ0) is 20.4. The number of fused-ring (bicyclic) bond motifs is 1. The lowest BCUT2D eigenvalue weighted by atomic mass is 10.00. The average Bonchev–Trinajstić information content (AvgIpc) is 2.73. The summed E-state index contributed by atoms with van der Waals surface area (Å²) in [7, 11) is 0. The number of carbonyl (C=O) groups is 2. The summed E-state index contributed by atoms with van der Waals surface area (Å²) in [5.41, 5.74) is 1.23. The summed E-state index contributed by atoms with van der Waals surface area (Å²) in [6.07, 6.45) is 0. The fourth-order valence-corrected chi connectivity index (χ4v) is 3.41. The molecule has 0 bridgehead atoms. The van der Waals surface area contributed by atoms with Crippen molar-refractivity contribution in [2.24, 2.45) is 0 Å².